The number of rotatable bonds is 5. The van der Waals surface area contributed by atoms with E-state index >= 15 is 0 Å². The number of alkyl halides is 2. The first kappa shape index (κ1) is 14.9. The Morgan fingerprint density at radius 3 is 2.45 bits per heavy atom. The molecule has 0 aliphatic rings. The van der Waals surface area contributed by atoms with Gasteiger partial charge >= 0.3 is 0 Å². The van der Waals surface area contributed by atoms with Crippen molar-refractivity contribution < 1.29 is 13.5 Å². The van der Waals surface area contributed by atoms with Gasteiger partial charge in [-0.2, -0.15) is 0 Å². The van der Waals surface area contributed by atoms with E-state index in [-0.39, 0.29) is 0 Å². The molecule has 0 unspecified atom stereocenters. The van der Waals surface area contributed by atoms with E-state index in [0.717, 1.165) is 21.6 Å². The summed E-state index contributed by atoms with van der Waals surface area (Å²) in [6.45, 7) is -0.580. The molecule has 0 spiro atoms. The van der Waals surface area contributed by atoms with Gasteiger partial charge in [0.25, 0.3) is 6.43 Å². The van der Waals surface area contributed by atoms with E-state index in [1.807, 2.05) is 38.2 Å². The Morgan fingerprint density at radius 1 is 1.10 bits per heavy atom. The van der Waals surface area contributed by atoms with Crippen LogP contribution in [0.4, 0.5) is 8.78 Å². The van der Waals surface area contributed by atoms with Crippen LogP contribution >= 0.6 is 11.6 Å². The predicted octanol–water partition coefficient (Wildman–Crippen LogP) is 2.83. The van der Waals surface area contributed by atoms with Crippen LogP contribution in [0.2, 0.25) is 5.02 Å². The van der Waals surface area contributed by atoms with Crippen molar-refractivity contribution in [3.8, 4) is 5.75 Å². The zero-order chi connectivity index (χ0) is 14.5. The quantitative estimate of drug-likeness (QED) is 0.771. The van der Waals surface area contributed by atoms with Gasteiger partial charge in [-0.05, 0) is 35.7 Å². The largest absolute Gasteiger partial charge is 0.488 e. The standard InChI is InChI=1S/C15H14BClF2O/c16-12-3-6-14(17)11(8-12)7-10-1-4-13(5-2-10)20-9-15(18)19/h1-6,8,15H,7,9,16H2. The molecule has 0 bridgehead atoms. The van der Waals surface area contributed by atoms with Crippen LogP contribution in [0.1, 0.15) is 11.1 Å². The summed E-state index contributed by atoms with van der Waals surface area (Å²) in [4.78, 5) is 0. The van der Waals surface area contributed by atoms with Crippen LogP contribution in [0, 0.1) is 0 Å². The first-order valence-electron chi connectivity index (χ1n) is 6.29. The van der Waals surface area contributed by atoms with E-state index in [0.29, 0.717) is 12.2 Å². The summed E-state index contributed by atoms with van der Waals surface area (Å²) in [5.41, 5.74) is 3.26. The highest BCUT2D eigenvalue weighted by molar-refractivity contribution is 6.34. The molecule has 0 saturated carbocycles. The Balaban J connectivity index is 2.05. The number of ether oxygens (including phenoxy) is 1. The highest BCUT2D eigenvalue weighted by Gasteiger charge is 2.05. The fraction of sp³-hybridized carbons (Fsp3) is 0.200. The topological polar surface area (TPSA) is 9.23 Å². The predicted molar refractivity (Wildman–Crippen MR) is 80.4 cm³/mol. The molecule has 0 N–H and O–H groups in total. The number of benzene rings is 2. The zero-order valence-corrected chi connectivity index (χ0v) is 11.8. The molecule has 104 valence electrons. The van der Waals surface area contributed by atoms with E-state index in [1.165, 1.54) is 0 Å². The maximum atomic E-state index is 12.0. The molecular weight excluding hydrogens is 280 g/mol. The first-order chi connectivity index (χ1) is 9.54. The lowest BCUT2D eigenvalue weighted by Crippen LogP contribution is -2.07. The molecule has 2 aromatic rings. The molecular formula is C15H14BClF2O. The van der Waals surface area contributed by atoms with E-state index in [2.05, 4.69) is 0 Å². The summed E-state index contributed by atoms with van der Waals surface area (Å²) in [5.74, 6) is 0.449. The molecule has 0 saturated heterocycles. The molecule has 0 fully saturated rings. The van der Waals surface area contributed by atoms with Gasteiger partial charge < -0.3 is 4.74 Å². The lowest BCUT2D eigenvalue weighted by atomic mass is 9.92. The van der Waals surface area contributed by atoms with Crippen LogP contribution in [0.25, 0.3) is 0 Å². The van der Waals surface area contributed by atoms with Crippen molar-refractivity contribution in [2.24, 2.45) is 0 Å². The van der Waals surface area contributed by atoms with Gasteiger partial charge in [-0.3, -0.25) is 0 Å². The molecule has 2 aromatic carbocycles. The molecule has 1 nitrogen and oxygen atoms in total. The molecule has 0 radical (unpaired) electrons. The van der Waals surface area contributed by atoms with Gasteiger partial charge in [-0.15, -0.1) is 0 Å². The number of hydrogen-bond acceptors (Lipinski definition) is 1. The normalized spacial score (nSPS) is 10.8. The monoisotopic (exact) mass is 294 g/mol. The van der Waals surface area contributed by atoms with Crippen LogP contribution in [0.15, 0.2) is 42.5 Å². The van der Waals surface area contributed by atoms with E-state index < -0.39 is 13.0 Å². The fourth-order valence-corrected chi connectivity index (χ4v) is 2.11. The van der Waals surface area contributed by atoms with Crippen LogP contribution in [-0.2, 0) is 6.42 Å². The fourth-order valence-electron chi connectivity index (χ4n) is 1.92. The lowest BCUT2D eigenvalue weighted by molar-refractivity contribution is 0.0819. The Labute approximate surface area is 122 Å². The van der Waals surface area contributed by atoms with Crippen LogP contribution < -0.4 is 10.2 Å². The average molecular weight is 295 g/mol. The summed E-state index contributed by atoms with van der Waals surface area (Å²) >= 11 is 6.15. The lowest BCUT2D eigenvalue weighted by Gasteiger charge is -2.08. The van der Waals surface area contributed by atoms with Crippen molar-refractivity contribution in [2.75, 3.05) is 6.61 Å². The Morgan fingerprint density at radius 2 is 1.80 bits per heavy atom. The van der Waals surface area contributed by atoms with Crippen molar-refractivity contribution in [2.45, 2.75) is 12.8 Å². The third-order valence-electron chi connectivity index (χ3n) is 2.90. The first-order valence-corrected chi connectivity index (χ1v) is 6.67. The van der Waals surface area contributed by atoms with Crippen LogP contribution in [-0.4, -0.2) is 20.9 Å². The summed E-state index contributed by atoms with van der Waals surface area (Å²) in [6, 6.07) is 13.0. The minimum absolute atomic E-state index is 0.449. The highest BCUT2D eigenvalue weighted by Crippen LogP contribution is 2.20. The average Bonchev–Trinajstić information content (AvgIpc) is 2.42. The molecule has 0 heterocycles. The van der Waals surface area contributed by atoms with Crippen molar-refractivity contribution in [3.63, 3.8) is 0 Å². The van der Waals surface area contributed by atoms with E-state index in [1.54, 1.807) is 12.1 Å². The van der Waals surface area contributed by atoms with Crippen molar-refractivity contribution >= 4 is 24.9 Å². The van der Waals surface area contributed by atoms with Crippen LogP contribution in [0.5, 0.6) is 5.75 Å². The van der Waals surface area contributed by atoms with E-state index in [4.69, 9.17) is 16.3 Å². The molecule has 2 rings (SSSR count). The SMILES string of the molecule is Bc1ccc(Cl)c(Cc2ccc(OCC(F)F)cc2)c1. The third kappa shape index (κ3) is 4.24. The number of hydrogen-bond donors (Lipinski definition) is 0. The highest BCUT2D eigenvalue weighted by atomic mass is 35.5. The summed E-state index contributed by atoms with van der Waals surface area (Å²) in [7, 11) is 2.01. The van der Waals surface area contributed by atoms with Crippen molar-refractivity contribution in [3.05, 3.63) is 58.6 Å². The maximum Gasteiger partial charge on any atom is 0.272 e. The Bertz CT molecular complexity index is 573. The van der Waals surface area contributed by atoms with E-state index in [9.17, 15) is 8.78 Å². The van der Waals surface area contributed by atoms with Gasteiger partial charge in [0.1, 0.15) is 20.2 Å². The smallest absolute Gasteiger partial charge is 0.272 e. The minimum atomic E-state index is -2.46. The van der Waals surface area contributed by atoms with Gasteiger partial charge in [-0.1, -0.05) is 41.3 Å². The van der Waals surface area contributed by atoms with Gasteiger partial charge in [0.15, 0.2) is 0 Å². The van der Waals surface area contributed by atoms with Crippen LogP contribution in [0.3, 0.4) is 0 Å². The van der Waals surface area contributed by atoms with Crippen molar-refractivity contribution in [1.82, 2.24) is 0 Å². The molecule has 0 aliphatic heterocycles. The van der Waals surface area contributed by atoms with Gasteiger partial charge in [0.2, 0.25) is 0 Å². The van der Waals surface area contributed by atoms with Crippen molar-refractivity contribution in [1.29, 1.82) is 0 Å². The molecule has 0 aromatic heterocycles. The molecule has 0 amide bonds. The minimum Gasteiger partial charge on any atom is -0.488 e. The molecule has 0 aliphatic carbocycles. The summed E-state index contributed by atoms with van der Waals surface area (Å²) in [6.07, 6.45) is -1.75. The Hall–Kier alpha value is -1.55. The Kier molecular flexibility index (Phi) is 5.02. The number of halogens is 3. The van der Waals surface area contributed by atoms with Gasteiger partial charge in [0, 0.05) is 5.02 Å². The molecule has 5 heteroatoms. The van der Waals surface area contributed by atoms with Gasteiger partial charge in [0.05, 0.1) is 0 Å². The molecule has 20 heavy (non-hydrogen) atoms. The third-order valence-corrected chi connectivity index (χ3v) is 3.26. The van der Waals surface area contributed by atoms with Gasteiger partial charge in [-0.25, -0.2) is 8.78 Å². The zero-order valence-electron chi connectivity index (χ0n) is 11.1. The summed E-state index contributed by atoms with van der Waals surface area (Å²) < 4.78 is 29.0. The maximum absolute atomic E-state index is 12.0. The second-order valence-electron chi connectivity index (χ2n) is 4.62. The summed E-state index contributed by atoms with van der Waals surface area (Å²) in [5, 5.41) is 0.730. The second-order valence-corrected chi connectivity index (χ2v) is 5.02. The second kappa shape index (κ2) is 6.75. The molecule has 0 atom stereocenters.